The van der Waals surface area contributed by atoms with Crippen LogP contribution >= 0.6 is 0 Å². The number of nitrogens with one attached hydrogen (secondary N) is 2. The van der Waals surface area contributed by atoms with Crippen molar-refractivity contribution in [3.63, 3.8) is 0 Å². The third-order valence-electron chi connectivity index (χ3n) is 4.34. The number of nitrogens with zero attached hydrogens (tertiary/aromatic N) is 4. The Labute approximate surface area is 155 Å². The van der Waals surface area contributed by atoms with E-state index in [4.69, 9.17) is 5.73 Å². The first-order valence-electron chi connectivity index (χ1n) is 8.78. The number of tetrazole rings is 1. The Balaban J connectivity index is 1.66. The second-order valence-electron chi connectivity index (χ2n) is 6.93. The summed E-state index contributed by atoms with van der Waals surface area (Å²) in [7, 11) is 0. The fourth-order valence-electron chi connectivity index (χ4n) is 2.51. The van der Waals surface area contributed by atoms with Crippen molar-refractivity contribution in [1.82, 2.24) is 25.5 Å². The highest BCUT2D eigenvalue weighted by Gasteiger charge is 2.30. The summed E-state index contributed by atoms with van der Waals surface area (Å²) in [6.07, 6.45) is 1.94. The number of carbonyl (C=O) groups is 2. The maximum Gasteiger partial charge on any atom is 0.243 e. The van der Waals surface area contributed by atoms with Crippen LogP contribution in [0.15, 0.2) is 18.2 Å². The molecule has 1 aliphatic carbocycles. The minimum Gasteiger partial charge on any atom is -0.346 e. The number of hydrogen-bond acceptors (Lipinski definition) is 6. The van der Waals surface area contributed by atoms with Crippen LogP contribution < -0.4 is 16.4 Å². The van der Waals surface area contributed by atoms with Crippen LogP contribution in [0.4, 0.5) is 10.1 Å². The van der Waals surface area contributed by atoms with Gasteiger partial charge in [-0.1, -0.05) is 13.8 Å². The standard InChI is InChI=1S/C17H22FN7O2/c1-9(2)15(19)17(27)20-8-14(26)21-11-5-6-12(18)13(7-11)25-16(10-3-4-10)22-23-24-25/h5-7,9-10,15H,3-4,8,19H2,1-2H3,(H,20,27)(H,21,26)/t15-/m0/s1. The van der Waals surface area contributed by atoms with Crippen LogP contribution in [0, 0.1) is 11.7 Å². The molecule has 1 aliphatic rings. The average Bonchev–Trinajstić information content (AvgIpc) is 3.37. The molecule has 27 heavy (non-hydrogen) atoms. The lowest BCUT2D eigenvalue weighted by Gasteiger charge is -2.15. The van der Waals surface area contributed by atoms with Crippen LogP contribution in [0.2, 0.25) is 0 Å². The molecule has 9 nitrogen and oxygen atoms in total. The lowest BCUT2D eigenvalue weighted by molar-refractivity contribution is -0.125. The van der Waals surface area contributed by atoms with Crippen molar-refractivity contribution >= 4 is 17.5 Å². The highest BCUT2D eigenvalue weighted by molar-refractivity contribution is 5.95. The van der Waals surface area contributed by atoms with Crippen LogP contribution in [-0.2, 0) is 9.59 Å². The van der Waals surface area contributed by atoms with Gasteiger partial charge < -0.3 is 16.4 Å². The normalized spacial score (nSPS) is 14.9. The predicted molar refractivity (Wildman–Crippen MR) is 95.5 cm³/mol. The molecule has 0 spiro atoms. The average molecular weight is 375 g/mol. The molecule has 2 aromatic rings. The maximum atomic E-state index is 14.3. The van der Waals surface area contributed by atoms with E-state index in [0.717, 1.165) is 12.8 Å². The molecule has 0 bridgehead atoms. The summed E-state index contributed by atoms with van der Waals surface area (Å²) in [5.74, 6) is -0.549. The first-order chi connectivity index (χ1) is 12.9. The predicted octanol–water partition coefficient (Wildman–Crippen LogP) is 0.717. The number of benzene rings is 1. The maximum absolute atomic E-state index is 14.3. The Morgan fingerprint density at radius 2 is 2.11 bits per heavy atom. The molecule has 1 aromatic carbocycles. The molecule has 2 amide bonds. The minimum absolute atomic E-state index is 0.0373. The topological polar surface area (TPSA) is 128 Å². The van der Waals surface area contributed by atoms with Crippen LogP contribution in [0.1, 0.15) is 38.4 Å². The number of carbonyl (C=O) groups excluding carboxylic acids is 2. The lowest BCUT2D eigenvalue weighted by atomic mass is 10.1. The number of aromatic nitrogens is 4. The van der Waals surface area contributed by atoms with Gasteiger partial charge in [0.15, 0.2) is 5.82 Å². The van der Waals surface area contributed by atoms with Crippen molar-refractivity contribution in [3.8, 4) is 5.69 Å². The number of amides is 2. The molecule has 3 rings (SSSR count). The van der Waals surface area contributed by atoms with Gasteiger partial charge in [0.2, 0.25) is 11.8 Å². The number of rotatable bonds is 7. The van der Waals surface area contributed by atoms with Crippen molar-refractivity contribution in [2.45, 2.75) is 38.6 Å². The summed E-state index contributed by atoms with van der Waals surface area (Å²) in [5, 5.41) is 16.5. The first-order valence-corrected chi connectivity index (χ1v) is 8.78. The Hall–Kier alpha value is -2.88. The van der Waals surface area contributed by atoms with Crippen molar-refractivity contribution < 1.29 is 14.0 Å². The Morgan fingerprint density at radius 3 is 2.78 bits per heavy atom. The Morgan fingerprint density at radius 1 is 1.37 bits per heavy atom. The van der Waals surface area contributed by atoms with Gasteiger partial charge in [0.25, 0.3) is 0 Å². The van der Waals surface area contributed by atoms with Crippen LogP contribution in [0.5, 0.6) is 0 Å². The molecule has 1 saturated carbocycles. The van der Waals surface area contributed by atoms with E-state index in [-0.39, 0.29) is 24.1 Å². The van der Waals surface area contributed by atoms with Gasteiger partial charge in [0.1, 0.15) is 11.5 Å². The highest BCUT2D eigenvalue weighted by Crippen LogP contribution is 2.39. The molecule has 1 heterocycles. The molecule has 1 fully saturated rings. The van der Waals surface area contributed by atoms with Gasteiger partial charge in [-0.2, -0.15) is 4.68 Å². The number of halogens is 1. The SMILES string of the molecule is CC(C)[C@H](N)C(=O)NCC(=O)Nc1ccc(F)c(-n2nnnc2C2CC2)c1. The summed E-state index contributed by atoms with van der Waals surface area (Å²) in [5.41, 5.74) is 6.26. The number of nitrogens with two attached hydrogens (primary N) is 1. The molecular formula is C17H22FN7O2. The molecule has 0 unspecified atom stereocenters. The Bertz CT molecular complexity index is 848. The van der Waals surface area contributed by atoms with Crippen molar-refractivity contribution in [2.24, 2.45) is 11.7 Å². The van der Waals surface area contributed by atoms with E-state index < -0.39 is 23.7 Å². The smallest absolute Gasteiger partial charge is 0.243 e. The molecule has 144 valence electrons. The molecule has 0 radical (unpaired) electrons. The van der Waals surface area contributed by atoms with E-state index in [2.05, 4.69) is 26.2 Å². The van der Waals surface area contributed by atoms with E-state index in [1.54, 1.807) is 0 Å². The van der Waals surface area contributed by atoms with Crippen molar-refractivity contribution in [1.29, 1.82) is 0 Å². The Kier molecular flexibility index (Phi) is 5.45. The zero-order valence-electron chi connectivity index (χ0n) is 15.1. The van der Waals surface area contributed by atoms with Gasteiger partial charge >= 0.3 is 0 Å². The van der Waals surface area contributed by atoms with Crippen LogP contribution in [0.25, 0.3) is 5.69 Å². The van der Waals surface area contributed by atoms with Crippen LogP contribution in [0.3, 0.4) is 0 Å². The van der Waals surface area contributed by atoms with E-state index >= 15 is 0 Å². The third kappa shape index (κ3) is 4.45. The molecule has 1 atom stereocenters. The fraction of sp³-hybridized carbons (Fsp3) is 0.471. The van der Waals surface area contributed by atoms with Crippen LogP contribution in [-0.4, -0.2) is 44.6 Å². The van der Waals surface area contributed by atoms with Crippen molar-refractivity contribution in [3.05, 3.63) is 29.8 Å². The summed E-state index contributed by atoms with van der Waals surface area (Å²) in [6.45, 7) is 3.41. The molecular weight excluding hydrogens is 353 g/mol. The van der Waals surface area contributed by atoms with Crippen molar-refractivity contribution in [2.75, 3.05) is 11.9 Å². The lowest BCUT2D eigenvalue weighted by Crippen LogP contribution is -2.46. The second kappa shape index (κ2) is 7.78. The largest absolute Gasteiger partial charge is 0.346 e. The zero-order chi connectivity index (χ0) is 19.6. The van der Waals surface area contributed by atoms with E-state index in [1.807, 2.05) is 13.8 Å². The molecule has 0 saturated heterocycles. The van der Waals surface area contributed by atoms with Gasteiger partial charge in [-0.05, 0) is 47.4 Å². The van der Waals surface area contributed by atoms with Gasteiger partial charge in [0.05, 0.1) is 12.6 Å². The second-order valence-corrected chi connectivity index (χ2v) is 6.93. The molecule has 4 N–H and O–H groups in total. The van der Waals surface area contributed by atoms with Gasteiger partial charge in [-0.25, -0.2) is 4.39 Å². The van der Waals surface area contributed by atoms with E-state index in [9.17, 15) is 14.0 Å². The fourth-order valence-corrected chi connectivity index (χ4v) is 2.51. The first kappa shape index (κ1) is 18.9. The van der Waals surface area contributed by atoms with E-state index in [0.29, 0.717) is 11.5 Å². The van der Waals surface area contributed by atoms with Gasteiger partial charge in [-0.3, -0.25) is 9.59 Å². The molecule has 10 heteroatoms. The summed E-state index contributed by atoms with van der Waals surface area (Å²) in [6, 6.07) is 3.43. The summed E-state index contributed by atoms with van der Waals surface area (Å²) in [4.78, 5) is 23.9. The summed E-state index contributed by atoms with van der Waals surface area (Å²) >= 11 is 0. The zero-order valence-corrected chi connectivity index (χ0v) is 15.1. The number of anilines is 1. The molecule has 1 aromatic heterocycles. The quantitative estimate of drug-likeness (QED) is 0.654. The third-order valence-corrected chi connectivity index (χ3v) is 4.34. The minimum atomic E-state index is -0.684. The van der Waals surface area contributed by atoms with Gasteiger partial charge in [-0.15, -0.1) is 5.10 Å². The summed E-state index contributed by atoms with van der Waals surface area (Å²) < 4.78 is 15.6. The van der Waals surface area contributed by atoms with E-state index in [1.165, 1.54) is 22.9 Å². The molecule has 0 aliphatic heterocycles. The monoisotopic (exact) mass is 375 g/mol. The number of hydrogen-bond donors (Lipinski definition) is 3. The van der Waals surface area contributed by atoms with Gasteiger partial charge in [0, 0.05) is 11.6 Å². The highest BCUT2D eigenvalue weighted by atomic mass is 19.1.